The molecule has 21 heavy (non-hydrogen) atoms. The highest BCUT2D eigenvalue weighted by Crippen LogP contribution is 2.58. The highest BCUT2D eigenvalue weighted by molar-refractivity contribution is 5.82. The summed E-state index contributed by atoms with van der Waals surface area (Å²) < 4.78 is 5.65. The number of carbonyl (C=O) groups excluding carboxylic acids is 1. The van der Waals surface area contributed by atoms with Gasteiger partial charge in [0.2, 0.25) is 5.91 Å². The molecule has 1 unspecified atom stereocenters. The summed E-state index contributed by atoms with van der Waals surface area (Å²) in [6, 6.07) is 7.97. The number of amides is 1. The molecule has 4 heteroatoms. The van der Waals surface area contributed by atoms with E-state index in [1.807, 2.05) is 31.2 Å². The molecular weight excluding hydrogens is 264 g/mol. The molecule has 0 radical (unpaired) electrons. The van der Waals surface area contributed by atoms with Crippen molar-refractivity contribution >= 4 is 5.91 Å². The predicted octanol–water partition coefficient (Wildman–Crippen LogP) is 1.88. The van der Waals surface area contributed by atoms with Gasteiger partial charge in [-0.1, -0.05) is 12.1 Å². The Balaban J connectivity index is 1.37. The Bertz CT molecular complexity index is 509. The Morgan fingerprint density at radius 2 is 2.24 bits per heavy atom. The lowest BCUT2D eigenvalue weighted by Gasteiger charge is -2.23. The molecule has 1 atom stereocenters. The summed E-state index contributed by atoms with van der Waals surface area (Å²) in [7, 11) is 0. The summed E-state index contributed by atoms with van der Waals surface area (Å²) in [4.78, 5) is 12.2. The van der Waals surface area contributed by atoms with Crippen LogP contribution >= 0.6 is 0 Å². The summed E-state index contributed by atoms with van der Waals surface area (Å²) in [5, 5.41) is 6.38. The number of aryl methyl sites for hydroxylation is 1. The normalized spacial score (nSPS) is 22.8. The lowest BCUT2D eigenvalue weighted by atomic mass is 9.92. The van der Waals surface area contributed by atoms with Crippen LogP contribution in [0.4, 0.5) is 0 Å². The van der Waals surface area contributed by atoms with Crippen molar-refractivity contribution in [3.8, 4) is 5.75 Å². The van der Waals surface area contributed by atoms with Gasteiger partial charge in [-0.05, 0) is 62.4 Å². The molecule has 1 aromatic rings. The minimum absolute atomic E-state index is 0.213. The SMILES string of the molecule is Cc1cccc(OCCNC(=O)C2CC23CCNCC3)c1. The first-order chi connectivity index (χ1) is 10.2. The molecule has 0 aromatic heterocycles. The fraction of sp³-hybridized carbons (Fsp3) is 0.588. The van der Waals surface area contributed by atoms with Gasteiger partial charge in [0.15, 0.2) is 0 Å². The molecule has 2 fully saturated rings. The second kappa shape index (κ2) is 6.06. The molecule has 1 heterocycles. The van der Waals surface area contributed by atoms with Gasteiger partial charge >= 0.3 is 0 Å². The van der Waals surface area contributed by atoms with Crippen LogP contribution in [-0.4, -0.2) is 32.1 Å². The molecule has 114 valence electrons. The third-order valence-electron chi connectivity index (χ3n) is 4.77. The zero-order valence-electron chi connectivity index (χ0n) is 12.7. The number of carbonyl (C=O) groups is 1. The molecule has 1 saturated carbocycles. The quantitative estimate of drug-likeness (QED) is 0.813. The first-order valence-corrected chi connectivity index (χ1v) is 7.88. The van der Waals surface area contributed by atoms with Crippen molar-refractivity contribution in [2.24, 2.45) is 11.3 Å². The number of rotatable bonds is 5. The predicted molar refractivity (Wildman–Crippen MR) is 82.3 cm³/mol. The molecule has 1 aliphatic carbocycles. The first-order valence-electron chi connectivity index (χ1n) is 7.88. The van der Waals surface area contributed by atoms with Gasteiger partial charge in [-0.3, -0.25) is 4.79 Å². The maximum atomic E-state index is 12.2. The zero-order chi connectivity index (χ0) is 14.7. The lowest BCUT2D eigenvalue weighted by Crippen LogP contribution is -2.35. The van der Waals surface area contributed by atoms with Crippen LogP contribution in [0.25, 0.3) is 0 Å². The molecule has 1 amide bonds. The second-order valence-electron chi connectivity index (χ2n) is 6.33. The van der Waals surface area contributed by atoms with Crippen molar-refractivity contribution in [3.63, 3.8) is 0 Å². The van der Waals surface area contributed by atoms with Crippen LogP contribution in [0.2, 0.25) is 0 Å². The summed E-state index contributed by atoms with van der Waals surface area (Å²) in [5.74, 6) is 1.31. The molecular formula is C17H24N2O2. The van der Waals surface area contributed by atoms with Crippen molar-refractivity contribution in [1.82, 2.24) is 10.6 Å². The van der Waals surface area contributed by atoms with Crippen molar-refractivity contribution in [1.29, 1.82) is 0 Å². The Hall–Kier alpha value is -1.55. The van der Waals surface area contributed by atoms with E-state index in [2.05, 4.69) is 10.6 Å². The number of hydrogen-bond donors (Lipinski definition) is 2. The minimum Gasteiger partial charge on any atom is -0.492 e. The van der Waals surface area contributed by atoms with Gasteiger partial charge in [0.1, 0.15) is 12.4 Å². The molecule has 1 saturated heterocycles. The maximum Gasteiger partial charge on any atom is 0.223 e. The van der Waals surface area contributed by atoms with Gasteiger partial charge in [0, 0.05) is 5.92 Å². The standard InChI is InChI=1S/C17H24N2O2/c1-13-3-2-4-14(11-13)21-10-9-19-16(20)15-12-17(15)5-7-18-8-6-17/h2-4,11,15,18H,5-10,12H2,1H3,(H,19,20). The van der Waals surface area contributed by atoms with Crippen LogP contribution in [-0.2, 0) is 4.79 Å². The number of piperidine rings is 1. The summed E-state index contributed by atoms with van der Waals surface area (Å²) in [6.07, 6.45) is 3.36. The van der Waals surface area contributed by atoms with E-state index >= 15 is 0 Å². The first kappa shape index (κ1) is 14.4. The van der Waals surface area contributed by atoms with Crippen LogP contribution in [0.15, 0.2) is 24.3 Å². The van der Waals surface area contributed by atoms with E-state index in [1.54, 1.807) is 0 Å². The van der Waals surface area contributed by atoms with Crippen molar-refractivity contribution < 1.29 is 9.53 Å². The summed E-state index contributed by atoms with van der Waals surface area (Å²) in [5.41, 5.74) is 1.49. The highest BCUT2D eigenvalue weighted by Gasteiger charge is 2.57. The van der Waals surface area contributed by atoms with Crippen molar-refractivity contribution in [2.75, 3.05) is 26.2 Å². The Morgan fingerprint density at radius 1 is 1.43 bits per heavy atom. The maximum absolute atomic E-state index is 12.2. The molecule has 2 aliphatic rings. The van der Waals surface area contributed by atoms with Crippen LogP contribution in [0.1, 0.15) is 24.8 Å². The number of benzene rings is 1. The third-order valence-corrected chi connectivity index (χ3v) is 4.77. The molecule has 4 nitrogen and oxygen atoms in total. The van der Waals surface area contributed by atoms with Crippen LogP contribution in [0.5, 0.6) is 5.75 Å². The van der Waals surface area contributed by atoms with Gasteiger partial charge < -0.3 is 15.4 Å². The molecule has 3 rings (SSSR count). The van der Waals surface area contributed by atoms with E-state index < -0.39 is 0 Å². The Labute approximate surface area is 126 Å². The second-order valence-corrected chi connectivity index (χ2v) is 6.33. The smallest absolute Gasteiger partial charge is 0.223 e. The van der Waals surface area contributed by atoms with E-state index in [4.69, 9.17) is 4.74 Å². The third kappa shape index (κ3) is 3.38. The van der Waals surface area contributed by atoms with E-state index in [0.717, 1.165) is 38.1 Å². The average molecular weight is 288 g/mol. The largest absolute Gasteiger partial charge is 0.492 e. The number of nitrogens with one attached hydrogen (secondary N) is 2. The van der Waals surface area contributed by atoms with E-state index in [0.29, 0.717) is 18.6 Å². The zero-order valence-corrected chi connectivity index (χ0v) is 12.7. The van der Waals surface area contributed by atoms with Crippen LogP contribution in [0.3, 0.4) is 0 Å². The number of hydrogen-bond acceptors (Lipinski definition) is 3. The van der Waals surface area contributed by atoms with E-state index in [9.17, 15) is 4.79 Å². The van der Waals surface area contributed by atoms with Crippen LogP contribution in [0, 0.1) is 18.3 Å². The van der Waals surface area contributed by atoms with E-state index in [1.165, 1.54) is 5.56 Å². The monoisotopic (exact) mass is 288 g/mol. The van der Waals surface area contributed by atoms with Gasteiger partial charge in [0.05, 0.1) is 6.54 Å². The van der Waals surface area contributed by atoms with Crippen molar-refractivity contribution in [3.05, 3.63) is 29.8 Å². The van der Waals surface area contributed by atoms with Gasteiger partial charge in [-0.15, -0.1) is 0 Å². The molecule has 2 N–H and O–H groups in total. The summed E-state index contributed by atoms with van der Waals surface area (Å²) >= 11 is 0. The fourth-order valence-electron chi connectivity index (χ4n) is 3.37. The van der Waals surface area contributed by atoms with Gasteiger partial charge in [0.25, 0.3) is 0 Å². The lowest BCUT2D eigenvalue weighted by molar-refractivity contribution is -0.123. The Morgan fingerprint density at radius 3 is 3.00 bits per heavy atom. The molecule has 1 aliphatic heterocycles. The summed E-state index contributed by atoms with van der Waals surface area (Å²) in [6.45, 7) is 5.26. The van der Waals surface area contributed by atoms with Crippen LogP contribution < -0.4 is 15.4 Å². The molecule has 0 bridgehead atoms. The topological polar surface area (TPSA) is 50.4 Å². The molecule has 1 aromatic carbocycles. The highest BCUT2D eigenvalue weighted by atomic mass is 16.5. The van der Waals surface area contributed by atoms with Crippen molar-refractivity contribution in [2.45, 2.75) is 26.2 Å². The number of ether oxygens (including phenoxy) is 1. The minimum atomic E-state index is 0.213. The molecule has 1 spiro atoms. The van der Waals surface area contributed by atoms with Gasteiger partial charge in [-0.25, -0.2) is 0 Å². The average Bonchev–Trinajstić information content (AvgIpc) is 3.18. The van der Waals surface area contributed by atoms with E-state index in [-0.39, 0.29) is 11.8 Å². The van der Waals surface area contributed by atoms with Gasteiger partial charge in [-0.2, -0.15) is 0 Å². The fourth-order valence-corrected chi connectivity index (χ4v) is 3.37. The Kier molecular flexibility index (Phi) is 4.15.